The zero-order valence-corrected chi connectivity index (χ0v) is 12.3. The fourth-order valence-electron chi connectivity index (χ4n) is 2.99. The maximum Gasteiger partial charge on any atom is 0.227 e. The summed E-state index contributed by atoms with van der Waals surface area (Å²) in [6, 6.07) is 0. The minimum atomic E-state index is -0.339. The van der Waals surface area contributed by atoms with Crippen molar-refractivity contribution >= 4 is 5.91 Å². The van der Waals surface area contributed by atoms with Gasteiger partial charge in [0, 0.05) is 19.7 Å². The van der Waals surface area contributed by atoms with Gasteiger partial charge in [-0.05, 0) is 25.2 Å². The average molecular weight is 270 g/mol. The highest BCUT2D eigenvalue weighted by atomic mass is 16.3. The Bertz CT molecular complexity index is 261. The van der Waals surface area contributed by atoms with Gasteiger partial charge in [0.2, 0.25) is 5.91 Å². The summed E-state index contributed by atoms with van der Waals surface area (Å²) in [7, 11) is 0. The lowest BCUT2D eigenvalue weighted by molar-refractivity contribution is -0.131. The normalized spacial score (nSPS) is 20.6. The number of aliphatic hydroxyl groups is 1. The molecule has 0 saturated heterocycles. The highest BCUT2D eigenvalue weighted by Crippen LogP contribution is 2.34. The van der Waals surface area contributed by atoms with Crippen molar-refractivity contribution < 1.29 is 9.90 Å². The number of hydrogen-bond acceptors (Lipinski definition) is 3. The standard InChI is InChI=1S/C15H30N2O2/c1-2-13(7-10-18)11-17-14(19)15(12-16)8-5-3-4-6-9-15/h13,18H,2-12,16H2,1H3,(H,17,19). The van der Waals surface area contributed by atoms with Gasteiger partial charge in [-0.3, -0.25) is 4.79 Å². The van der Waals surface area contributed by atoms with Crippen LogP contribution in [0.1, 0.15) is 58.3 Å². The summed E-state index contributed by atoms with van der Waals surface area (Å²) in [5, 5.41) is 12.1. The lowest BCUT2D eigenvalue weighted by Gasteiger charge is -2.30. The maximum atomic E-state index is 12.5. The van der Waals surface area contributed by atoms with Crippen molar-refractivity contribution in [2.75, 3.05) is 19.7 Å². The molecule has 0 aromatic rings. The van der Waals surface area contributed by atoms with Crippen LogP contribution in [0.5, 0.6) is 0 Å². The number of nitrogens with one attached hydrogen (secondary N) is 1. The van der Waals surface area contributed by atoms with Gasteiger partial charge in [-0.1, -0.05) is 39.0 Å². The first-order valence-electron chi connectivity index (χ1n) is 7.77. The van der Waals surface area contributed by atoms with E-state index in [0.29, 0.717) is 19.0 Å². The monoisotopic (exact) mass is 270 g/mol. The Morgan fingerprint density at radius 2 is 1.95 bits per heavy atom. The summed E-state index contributed by atoms with van der Waals surface area (Å²) >= 11 is 0. The van der Waals surface area contributed by atoms with E-state index < -0.39 is 0 Å². The molecule has 0 aliphatic heterocycles. The molecule has 0 aromatic heterocycles. The first kappa shape index (κ1) is 16.4. The second-order valence-electron chi connectivity index (χ2n) is 5.90. The van der Waals surface area contributed by atoms with Crippen molar-refractivity contribution in [3.8, 4) is 0 Å². The number of amides is 1. The summed E-state index contributed by atoms with van der Waals surface area (Å²) in [6.07, 6.45) is 8.24. The van der Waals surface area contributed by atoms with Gasteiger partial charge >= 0.3 is 0 Å². The van der Waals surface area contributed by atoms with Gasteiger partial charge in [0.1, 0.15) is 0 Å². The van der Waals surface area contributed by atoms with E-state index >= 15 is 0 Å². The molecule has 1 aliphatic carbocycles. The van der Waals surface area contributed by atoms with E-state index in [9.17, 15) is 4.79 Å². The van der Waals surface area contributed by atoms with E-state index in [0.717, 1.165) is 38.5 Å². The molecule has 4 nitrogen and oxygen atoms in total. The van der Waals surface area contributed by atoms with Crippen molar-refractivity contribution in [3.05, 3.63) is 0 Å². The number of nitrogens with two attached hydrogens (primary N) is 1. The van der Waals surface area contributed by atoms with Crippen LogP contribution < -0.4 is 11.1 Å². The van der Waals surface area contributed by atoms with Crippen molar-refractivity contribution in [1.29, 1.82) is 0 Å². The third-order valence-electron chi connectivity index (χ3n) is 4.60. The molecule has 1 amide bonds. The molecule has 112 valence electrons. The van der Waals surface area contributed by atoms with Crippen LogP contribution in [0.15, 0.2) is 0 Å². The Labute approximate surface area is 117 Å². The van der Waals surface area contributed by atoms with Gasteiger partial charge in [0.15, 0.2) is 0 Å². The minimum absolute atomic E-state index is 0.133. The number of carbonyl (C=O) groups is 1. The van der Waals surface area contributed by atoms with Crippen LogP contribution in [0.2, 0.25) is 0 Å². The van der Waals surface area contributed by atoms with Gasteiger partial charge in [-0.15, -0.1) is 0 Å². The first-order valence-corrected chi connectivity index (χ1v) is 7.77. The SMILES string of the molecule is CCC(CCO)CNC(=O)C1(CN)CCCCCC1. The minimum Gasteiger partial charge on any atom is -0.396 e. The zero-order valence-electron chi connectivity index (χ0n) is 12.3. The van der Waals surface area contributed by atoms with E-state index in [4.69, 9.17) is 10.8 Å². The predicted octanol–water partition coefficient (Wildman–Crippen LogP) is 1.81. The smallest absolute Gasteiger partial charge is 0.227 e. The molecule has 1 saturated carbocycles. The molecule has 1 aliphatic rings. The summed E-state index contributed by atoms with van der Waals surface area (Å²) < 4.78 is 0. The molecular weight excluding hydrogens is 240 g/mol. The molecule has 0 spiro atoms. The molecule has 4 N–H and O–H groups in total. The van der Waals surface area contributed by atoms with Crippen LogP contribution in [0.4, 0.5) is 0 Å². The van der Waals surface area contributed by atoms with Crippen LogP contribution in [0.3, 0.4) is 0 Å². The van der Waals surface area contributed by atoms with E-state index in [1.54, 1.807) is 0 Å². The Morgan fingerprint density at radius 1 is 1.32 bits per heavy atom. The molecule has 19 heavy (non-hydrogen) atoms. The first-order chi connectivity index (χ1) is 9.18. The van der Waals surface area contributed by atoms with Gasteiger partial charge in [0.25, 0.3) is 0 Å². The van der Waals surface area contributed by atoms with Crippen LogP contribution in [-0.2, 0) is 4.79 Å². The van der Waals surface area contributed by atoms with Gasteiger partial charge in [0.05, 0.1) is 5.41 Å². The van der Waals surface area contributed by atoms with Gasteiger partial charge in [-0.2, -0.15) is 0 Å². The molecule has 0 radical (unpaired) electrons. The molecule has 4 heteroatoms. The molecule has 1 fully saturated rings. The van der Waals surface area contributed by atoms with Crippen molar-refractivity contribution in [3.63, 3.8) is 0 Å². The Hall–Kier alpha value is -0.610. The van der Waals surface area contributed by atoms with Crippen LogP contribution >= 0.6 is 0 Å². The fraction of sp³-hybridized carbons (Fsp3) is 0.933. The second kappa shape index (κ2) is 8.54. The van der Waals surface area contributed by atoms with E-state index in [-0.39, 0.29) is 17.9 Å². The van der Waals surface area contributed by atoms with Crippen LogP contribution in [0.25, 0.3) is 0 Å². The Morgan fingerprint density at radius 3 is 2.42 bits per heavy atom. The lowest BCUT2D eigenvalue weighted by Crippen LogP contribution is -2.47. The molecule has 0 aromatic carbocycles. The number of hydrogen-bond donors (Lipinski definition) is 3. The molecule has 0 heterocycles. The Kier molecular flexibility index (Phi) is 7.39. The summed E-state index contributed by atoms with van der Waals surface area (Å²) in [6.45, 7) is 3.40. The van der Waals surface area contributed by atoms with Crippen molar-refractivity contribution in [2.24, 2.45) is 17.1 Å². The number of aliphatic hydroxyl groups excluding tert-OH is 1. The number of rotatable bonds is 7. The number of carbonyl (C=O) groups excluding carboxylic acids is 1. The molecular formula is C15H30N2O2. The topological polar surface area (TPSA) is 75.3 Å². The highest BCUT2D eigenvalue weighted by molar-refractivity contribution is 5.82. The Balaban J connectivity index is 2.52. The predicted molar refractivity (Wildman–Crippen MR) is 77.7 cm³/mol. The second-order valence-corrected chi connectivity index (χ2v) is 5.90. The van der Waals surface area contributed by atoms with Gasteiger partial charge in [-0.25, -0.2) is 0 Å². The van der Waals surface area contributed by atoms with Crippen LogP contribution in [-0.4, -0.2) is 30.7 Å². The average Bonchev–Trinajstić information content (AvgIpc) is 2.69. The van der Waals surface area contributed by atoms with Crippen molar-refractivity contribution in [2.45, 2.75) is 58.3 Å². The quantitative estimate of drug-likeness (QED) is 0.618. The largest absolute Gasteiger partial charge is 0.396 e. The zero-order chi connectivity index (χ0) is 14.1. The molecule has 1 atom stereocenters. The van der Waals surface area contributed by atoms with E-state index in [1.807, 2.05) is 0 Å². The summed E-state index contributed by atoms with van der Waals surface area (Å²) in [5.41, 5.74) is 5.57. The third kappa shape index (κ3) is 4.77. The van der Waals surface area contributed by atoms with Gasteiger partial charge < -0.3 is 16.2 Å². The summed E-state index contributed by atoms with van der Waals surface area (Å²) in [4.78, 5) is 12.5. The highest BCUT2D eigenvalue weighted by Gasteiger charge is 2.37. The molecule has 1 rings (SSSR count). The third-order valence-corrected chi connectivity index (χ3v) is 4.60. The fourth-order valence-corrected chi connectivity index (χ4v) is 2.99. The lowest BCUT2D eigenvalue weighted by atomic mass is 9.79. The maximum absolute atomic E-state index is 12.5. The summed E-state index contributed by atoms with van der Waals surface area (Å²) in [5.74, 6) is 0.503. The van der Waals surface area contributed by atoms with Crippen molar-refractivity contribution in [1.82, 2.24) is 5.32 Å². The van der Waals surface area contributed by atoms with E-state index in [1.165, 1.54) is 12.8 Å². The van der Waals surface area contributed by atoms with Crippen LogP contribution in [0, 0.1) is 11.3 Å². The molecule has 0 bridgehead atoms. The molecule has 1 unspecified atom stereocenters. The van der Waals surface area contributed by atoms with E-state index in [2.05, 4.69) is 12.2 Å².